The fourth-order valence-electron chi connectivity index (χ4n) is 2.62. The lowest BCUT2D eigenvalue weighted by atomic mass is 10.0. The van der Waals surface area contributed by atoms with Crippen molar-refractivity contribution in [1.82, 2.24) is 9.80 Å². The van der Waals surface area contributed by atoms with Gasteiger partial charge in [0.1, 0.15) is 0 Å². The summed E-state index contributed by atoms with van der Waals surface area (Å²) in [7, 11) is 4.26. The van der Waals surface area contributed by atoms with Crippen LogP contribution >= 0.6 is 0 Å². The molecular weight excluding hydrogens is 246 g/mol. The molecule has 0 aromatic heterocycles. The van der Waals surface area contributed by atoms with Gasteiger partial charge in [0.25, 0.3) is 0 Å². The first kappa shape index (κ1) is 17.2. The Kier molecular flexibility index (Phi) is 8.51. The summed E-state index contributed by atoms with van der Waals surface area (Å²) < 4.78 is 0. The van der Waals surface area contributed by atoms with Crippen molar-refractivity contribution >= 4 is 0 Å². The van der Waals surface area contributed by atoms with Crippen molar-refractivity contribution in [3.05, 3.63) is 35.9 Å². The highest BCUT2D eigenvalue weighted by atomic mass is 15.2. The summed E-state index contributed by atoms with van der Waals surface area (Å²) >= 11 is 0. The molecule has 1 atom stereocenters. The smallest absolute Gasteiger partial charge is 0.0221 e. The number of hydrogen-bond donors (Lipinski definition) is 1. The first-order valence-electron chi connectivity index (χ1n) is 7.80. The van der Waals surface area contributed by atoms with Gasteiger partial charge in [0.05, 0.1) is 0 Å². The summed E-state index contributed by atoms with van der Waals surface area (Å²) in [5.41, 5.74) is 7.41. The highest BCUT2D eigenvalue weighted by Gasteiger charge is 2.15. The van der Waals surface area contributed by atoms with Gasteiger partial charge in [-0.25, -0.2) is 0 Å². The quantitative estimate of drug-likeness (QED) is 0.712. The van der Waals surface area contributed by atoms with Gasteiger partial charge in [-0.1, -0.05) is 37.3 Å². The molecule has 0 spiro atoms. The zero-order chi connectivity index (χ0) is 14.8. The Hall–Kier alpha value is -0.900. The summed E-state index contributed by atoms with van der Waals surface area (Å²) in [5, 5.41) is 0. The minimum Gasteiger partial charge on any atom is -0.329 e. The van der Waals surface area contributed by atoms with Gasteiger partial charge < -0.3 is 10.6 Å². The molecule has 0 saturated carbocycles. The molecule has 0 aliphatic carbocycles. The molecule has 1 rings (SSSR count). The Morgan fingerprint density at radius 3 is 2.35 bits per heavy atom. The monoisotopic (exact) mass is 277 g/mol. The standard InChI is InChI=1S/C17H31N3/c1-4-20(14-8-13-19(2)3)17(15-18)12-11-16-9-6-5-7-10-16/h5-7,9-10,17H,4,8,11-15,18H2,1-3H3. The van der Waals surface area contributed by atoms with Crippen LogP contribution in [-0.2, 0) is 6.42 Å². The zero-order valence-corrected chi connectivity index (χ0v) is 13.4. The number of likely N-dealkylation sites (N-methyl/N-ethyl adjacent to an activating group) is 1. The van der Waals surface area contributed by atoms with Crippen molar-refractivity contribution in [2.45, 2.75) is 32.2 Å². The summed E-state index contributed by atoms with van der Waals surface area (Å²) in [6.07, 6.45) is 3.48. The molecule has 0 saturated heterocycles. The van der Waals surface area contributed by atoms with Gasteiger partial charge in [-0.3, -0.25) is 4.90 Å². The van der Waals surface area contributed by atoms with Gasteiger partial charge in [-0.2, -0.15) is 0 Å². The molecule has 1 aromatic rings. The molecular formula is C17H31N3. The highest BCUT2D eigenvalue weighted by Crippen LogP contribution is 2.10. The van der Waals surface area contributed by atoms with E-state index in [4.69, 9.17) is 5.73 Å². The SMILES string of the molecule is CCN(CCCN(C)C)C(CN)CCc1ccccc1. The van der Waals surface area contributed by atoms with Gasteiger partial charge in [0.2, 0.25) is 0 Å². The zero-order valence-electron chi connectivity index (χ0n) is 13.4. The van der Waals surface area contributed by atoms with Crippen LogP contribution in [0.25, 0.3) is 0 Å². The third-order valence-corrected chi connectivity index (χ3v) is 3.85. The van der Waals surface area contributed by atoms with Gasteiger partial charge in [-0.15, -0.1) is 0 Å². The number of nitrogens with zero attached hydrogens (tertiary/aromatic N) is 2. The molecule has 0 amide bonds. The Morgan fingerprint density at radius 2 is 1.80 bits per heavy atom. The molecule has 0 heterocycles. The second-order valence-corrected chi connectivity index (χ2v) is 5.70. The molecule has 3 heteroatoms. The number of nitrogens with two attached hydrogens (primary N) is 1. The average Bonchev–Trinajstić information content (AvgIpc) is 2.46. The third kappa shape index (κ3) is 6.51. The molecule has 0 bridgehead atoms. The van der Waals surface area contributed by atoms with E-state index in [2.05, 4.69) is 61.2 Å². The molecule has 114 valence electrons. The molecule has 0 aliphatic rings. The van der Waals surface area contributed by atoms with E-state index in [1.165, 1.54) is 12.0 Å². The maximum atomic E-state index is 5.99. The average molecular weight is 277 g/mol. The topological polar surface area (TPSA) is 32.5 Å². The van der Waals surface area contributed by atoms with Gasteiger partial charge in [0.15, 0.2) is 0 Å². The second-order valence-electron chi connectivity index (χ2n) is 5.70. The van der Waals surface area contributed by atoms with Crippen LogP contribution < -0.4 is 5.73 Å². The van der Waals surface area contributed by atoms with E-state index < -0.39 is 0 Å². The predicted octanol–water partition coefficient (Wildman–Crippen LogP) is 2.22. The van der Waals surface area contributed by atoms with Crippen LogP contribution in [0.3, 0.4) is 0 Å². The van der Waals surface area contributed by atoms with Crippen LogP contribution in [-0.4, -0.2) is 56.1 Å². The van der Waals surface area contributed by atoms with E-state index in [1.54, 1.807) is 0 Å². The summed E-state index contributed by atoms with van der Waals surface area (Å²) in [6, 6.07) is 11.2. The van der Waals surface area contributed by atoms with E-state index in [0.29, 0.717) is 6.04 Å². The molecule has 20 heavy (non-hydrogen) atoms. The number of benzene rings is 1. The van der Waals surface area contributed by atoms with Crippen molar-refractivity contribution in [3.63, 3.8) is 0 Å². The van der Waals surface area contributed by atoms with Gasteiger partial charge in [-0.05, 0) is 58.6 Å². The minimum absolute atomic E-state index is 0.502. The minimum atomic E-state index is 0.502. The second kappa shape index (κ2) is 9.92. The van der Waals surface area contributed by atoms with Crippen molar-refractivity contribution < 1.29 is 0 Å². The molecule has 0 aliphatic heterocycles. The normalized spacial score (nSPS) is 13.1. The third-order valence-electron chi connectivity index (χ3n) is 3.85. The fraction of sp³-hybridized carbons (Fsp3) is 0.647. The van der Waals surface area contributed by atoms with Gasteiger partial charge in [0, 0.05) is 12.6 Å². The van der Waals surface area contributed by atoms with E-state index in [1.807, 2.05) is 0 Å². The summed E-state index contributed by atoms with van der Waals surface area (Å²) in [6.45, 7) is 6.37. The van der Waals surface area contributed by atoms with Crippen LogP contribution in [0.1, 0.15) is 25.3 Å². The lowest BCUT2D eigenvalue weighted by Crippen LogP contribution is -2.42. The van der Waals surface area contributed by atoms with Crippen LogP contribution in [0.5, 0.6) is 0 Å². The first-order chi connectivity index (χ1) is 9.67. The fourth-order valence-corrected chi connectivity index (χ4v) is 2.62. The maximum absolute atomic E-state index is 5.99. The molecule has 1 aromatic carbocycles. The van der Waals surface area contributed by atoms with Crippen molar-refractivity contribution in [3.8, 4) is 0 Å². The number of rotatable bonds is 10. The molecule has 0 radical (unpaired) electrons. The molecule has 3 nitrogen and oxygen atoms in total. The Morgan fingerprint density at radius 1 is 1.10 bits per heavy atom. The van der Waals surface area contributed by atoms with Crippen LogP contribution in [0.4, 0.5) is 0 Å². The number of aryl methyl sites for hydroxylation is 1. The maximum Gasteiger partial charge on any atom is 0.0221 e. The first-order valence-corrected chi connectivity index (χ1v) is 7.80. The molecule has 2 N–H and O–H groups in total. The van der Waals surface area contributed by atoms with Crippen LogP contribution in [0.2, 0.25) is 0 Å². The Labute approximate surface area is 124 Å². The Balaban J connectivity index is 2.41. The van der Waals surface area contributed by atoms with Crippen LogP contribution in [0, 0.1) is 0 Å². The predicted molar refractivity (Wildman–Crippen MR) is 88.0 cm³/mol. The van der Waals surface area contributed by atoms with E-state index in [0.717, 1.165) is 39.0 Å². The largest absolute Gasteiger partial charge is 0.329 e. The molecule has 1 unspecified atom stereocenters. The highest BCUT2D eigenvalue weighted by molar-refractivity contribution is 5.14. The van der Waals surface area contributed by atoms with E-state index in [-0.39, 0.29) is 0 Å². The number of hydrogen-bond acceptors (Lipinski definition) is 3. The Bertz CT molecular complexity index is 337. The molecule has 0 fully saturated rings. The van der Waals surface area contributed by atoms with Crippen molar-refractivity contribution in [2.24, 2.45) is 5.73 Å². The lowest BCUT2D eigenvalue weighted by molar-refractivity contribution is 0.191. The van der Waals surface area contributed by atoms with Crippen molar-refractivity contribution in [2.75, 3.05) is 40.3 Å². The summed E-state index contributed by atoms with van der Waals surface area (Å²) in [4.78, 5) is 4.78. The van der Waals surface area contributed by atoms with E-state index in [9.17, 15) is 0 Å². The van der Waals surface area contributed by atoms with E-state index >= 15 is 0 Å². The summed E-state index contributed by atoms with van der Waals surface area (Å²) in [5.74, 6) is 0. The van der Waals surface area contributed by atoms with Crippen molar-refractivity contribution in [1.29, 1.82) is 0 Å². The lowest BCUT2D eigenvalue weighted by Gasteiger charge is -2.30. The van der Waals surface area contributed by atoms with Crippen LogP contribution in [0.15, 0.2) is 30.3 Å². The van der Waals surface area contributed by atoms with Gasteiger partial charge >= 0.3 is 0 Å².